The van der Waals surface area contributed by atoms with Gasteiger partial charge in [0.05, 0.1) is 11.2 Å². The third-order valence-electron chi connectivity index (χ3n) is 19.2. The molecule has 5 aliphatic rings. The standard InChI is InChI=1S/C76H68BN3/c1-73(2,3)59-37-39-66(62(46-59)53-28-15-9-16-29-53)79-69-45-57-50-74(4,5)49-56(57)43-65(69)77-64-38-36-55(52-26-13-8-14-27-52)44-68(64)78(60-33-23-30-54(42-60)51-24-11-7-12-25-51)70-47-61(48-71(79)72(70)77)80-67-35-20-19-34-63(67)76(58-31-17-10-18-32-58)41-22-21-40-75(76,80)6/h7-20,23-39,42-48H,21-22,40-41,49-50H2,1-6H3. The van der Waals surface area contributed by atoms with E-state index in [1.807, 2.05) is 0 Å². The summed E-state index contributed by atoms with van der Waals surface area (Å²) >= 11 is 0. The average molecular weight is 1030 g/mol. The molecule has 3 heterocycles. The zero-order valence-corrected chi connectivity index (χ0v) is 47.1. The summed E-state index contributed by atoms with van der Waals surface area (Å²) in [5.41, 5.74) is 27.9. The summed E-state index contributed by atoms with van der Waals surface area (Å²) in [6, 6.07) is 88.7. The highest BCUT2D eigenvalue weighted by Gasteiger charge is 2.61. The minimum Gasteiger partial charge on any atom is -0.334 e. The molecule has 0 radical (unpaired) electrons. The molecule has 1 fully saturated rings. The Bertz CT molecular complexity index is 4070. The van der Waals surface area contributed by atoms with Crippen LogP contribution in [0.1, 0.15) is 95.0 Å². The lowest BCUT2D eigenvalue weighted by atomic mass is 9.33. The second kappa shape index (κ2) is 18.1. The molecule has 0 spiro atoms. The van der Waals surface area contributed by atoms with Gasteiger partial charge in [-0.25, -0.2) is 0 Å². The van der Waals surface area contributed by atoms with Gasteiger partial charge in [0.25, 0.3) is 6.71 Å². The van der Waals surface area contributed by atoms with Crippen LogP contribution >= 0.6 is 0 Å². The number of benzene rings is 10. The fourth-order valence-electron chi connectivity index (χ4n) is 15.6. The first kappa shape index (κ1) is 48.8. The lowest BCUT2D eigenvalue weighted by Crippen LogP contribution is -2.61. The van der Waals surface area contributed by atoms with Crippen molar-refractivity contribution < 1.29 is 0 Å². The van der Waals surface area contributed by atoms with E-state index in [0.717, 1.165) is 31.4 Å². The van der Waals surface area contributed by atoms with Crippen molar-refractivity contribution in [1.29, 1.82) is 0 Å². The van der Waals surface area contributed by atoms with Crippen LogP contribution in [0.4, 0.5) is 45.5 Å². The Kier molecular flexibility index (Phi) is 11.0. The summed E-state index contributed by atoms with van der Waals surface area (Å²) in [4.78, 5) is 8.21. The second-order valence-corrected chi connectivity index (χ2v) is 25.7. The molecule has 0 saturated heterocycles. The van der Waals surface area contributed by atoms with Crippen LogP contribution in [0.15, 0.2) is 231 Å². The smallest absolute Gasteiger partial charge is 0.252 e. The first-order valence-corrected chi connectivity index (χ1v) is 29.3. The monoisotopic (exact) mass is 1030 g/mol. The van der Waals surface area contributed by atoms with Crippen LogP contribution in [0, 0.1) is 5.41 Å². The van der Waals surface area contributed by atoms with E-state index in [0.29, 0.717) is 0 Å². The van der Waals surface area contributed by atoms with E-state index in [-0.39, 0.29) is 28.5 Å². The Morgan fingerprint density at radius 3 is 1.70 bits per heavy atom. The molecule has 3 nitrogen and oxygen atoms in total. The first-order valence-electron chi connectivity index (χ1n) is 29.3. The Morgan fingerprint density at radius 2 is 1.00 bits per heavy atom. The van der Waals surface area contributed by atoms with Crippen LogP contribution in [0.5, 0.6) is 0 Å². The Labute approximate surface area is 474 Å². The van der Waals surface area contributed by atoms with E-state index in [1.54, 1.807) is 0 Å². The molecule has 0 N–H and O–H groups in total. The lowest BCUT2D eigenvalue weighted by molar-refractivity contribution is 0.215. The number of para-hydroxylation sites is 1. The summed E-state index contributed by atoms with van der Waals surface area (Å²) in [5.74, 6) is 0. The second-order valence-electron chi connectivity index (χ2n) is 25.7. The van der Waals surface area contributed by atoms with E-state index < -0.39 is 0 Å². The van der Waals surface area contributed by atoms with Crippen molar-refractivity contribution in [2.24, 2.45) is 5.41 Å². The maximum atomic E-state index is 2.83. The third-order valence-corrected chi connectivity index (χ3v) is 19.2. The average Bonchev–Trinajstić information content (AvgIpc) is 3.97. The molecule has 0 amide bonds. The van der Waals surface area contributed by atoms with Gasteiger partial charge in [-0.15, -0.1) is 0 Å². The SMILES string of the molecule is CC1(C)Cc2cc3c(cc2C1)N(c1ccc(C(C)(C)C)cc1-c1ccccc1)c1cc(N2c4ccccc4C4(c5ccccc5)CCCCC24C)cc2c1B3c1ccc(-c3ccccc3)cc1N2c1cccc(-c2ccccc2)c1. The molecule has 0 bridgehead atoms. The van der Waals surface area contributed by atoms with Crippen molar-refractivity contribution in [2.75, 3.05) is 14.7 Å². The van der Waals surface area contributed by atoms with Gasteiger partial charge in [-0.05, 0) is 170 Å². The fraction of sp³-hybridized carbons (Fsp3) is 0.211. The van der Waals surface area contributed by atoms with Crippen molar-refractivity contribution in [1.82, 2.24) is 0 Å². The summed E-state index contributed by atoms with van der Waals surface area (Å²) in [6.07, 6.45) is 6.63. The lowest BCUT2D eigenvalue weighted by Gasteiger charge is -2.53. The Balaban J connectivity index is 1.09. The van der Waals surface area contributed by atoms with Crippen LogP contribution in [-0.2, 0) is 23.7 Å². The third kappa shape index (κ3) is 7.40. The van der Waals surface area contributed by atoms with Gasteiger partial charge in [0.1, 0.15) is 0 Å². The van der Waals surface area contributed by atoms with E-state index in [2.05, 4.69) is 287 Å². The van der Waals surface area contributed by atoms with Gasteiger partial charge >= 0.3 is 0 Å². The highest BCUT2D eigenvalue weighted by atomic mass is 15.3. The molecule has 4 heteroatoms. The number of hydrogen-bond donors (Lipinski definition) is 0. The zero-order chi connectivity index (χ0) is 54.1. The van der Waals surface area contributed by atoms with Gasteiger partial charge < -0.3 is 14.7 Å². The van der Waals surface area contributed by atoms with Crippen LogP contribution in [0.2, 0.25) is 0 Å². The number of rotatable bonds is 7. The van der Waals surface area contributed by atoms with Crippen molar-refractivity contribution in [3.63, 3.8) is 0 Å². The molecule has 10 aromatic rings. The predicted molar refractivity (Wildman–Crippen MR) is 339 cm³/mol. The van der Waals surface area contributed by atoms with Gasteiger partial charge in [0, 0.05) is 50.8 Å². The van der Waals surface area contributed by atoms with Crippen LogP contribution in [-0.4, -0.2) is 12.3 Å². The minimum absolute atomic E-state index is 0.0451. The van der Waals surface area contributed by atoms with Crippen molar-refractivity contribution in [2.45, 2.75) is 96.4 Å². The molecule has 390 valence electrons. The maximum Gasteiger partial charge on any atom is 0.252 e. The largest absolute Gasteiger partial charge is 0.334 e. The summed E-state index contributed by atoms with van der Waals surface area (Å²) in [7, 11) is 0. The van der Waals surface area contributed by atoms with Gasteiger partial charge in [0.2, 0.25) is 0 Å². The van der Waals surface area contributed by atoms with E-state index in [1.165, 1.54) is 130 Å². The molecular formula is C76H68BN3. The number of fused-ring (bicyclic) bond motifs is 8. The van der Waals surface area contributed by atoms with Gasteiger partial charge in [-0.3, -0.25) is 0 Å². The van der Waals surface area contributed by atoms with Gasteiger partial charge in [-0.2, -0.15) is 0 Å². The van der Waals surface area contributed by atoms with Crippen molar-refractivity contribution >= 4 is 68.6 Å². The van der Waals surface area contributed by atoms with Crippen LogP contribution in [0.3, 0.4) is 0 Å². The number of anilines is 8. The summed E-state index contributed by atoms with van der Waals surface area (Å²) in [5, 5.41) is 0. The van der Waals surface area contributed by atoms with Crippen molar-refractivity contribution in [3.05, 3.63) is 258 Å². The minimum atomic E-state index is -0.283. The molecule has 3 aliphatic heterocycles. The molecule has 2 atom stereocenters. The quantitative estimate of drug-likeness (QED) is 0.147. The normalized spacial score (nSPS) is 19.2. The predicted octanol–water partition coefficient (Wildman–Crippen LogP) is 18.0. The van der Waals surface area contributed by atoms with E-state index in [9.17, 15) is 0 Å². The highest BCUT2D eigenvalue weighted by Crippen LogP contribution is 2.64. The fourth-order valence-corrected chi connectivity index (χ4v) is 15.6. The maximum absolute atomic E-state index is 2.83. The van der Waals surface area contributed by atoms with Crippen LogP contribution < -0.4 is 31.1 Å². The molecule has 1 saturated carbocycles. The highest BCUT2D eigenvalue weighted by molar-refractivity contribution is 7.00. The molecule has 0 aromatic heterocycles. The Hall–Kier alpha value is -8.34. The topological polar surface area (TPSA) is 9.72 Å². The molecular weight excluding hydrogens is 966 g/mol. The Morgan fingerprint density at radius 1 is 0.412 bits per heavy atom. The molecule has 2 unspecified atom stereocenters. The van der Waals surface area contributed by atoms with Gasteiger partial charge in [0.15, 0.2) is 0 Å². The van der Waals surface area contributed by atoms with E-state index >= 15 is 0 Å². The molecule has 15 rings (SSSR count). The van der Waals surface area contributed by atoms with Crippen LogP contribution in [0.25, 0.3) is 33.4 Å². The first-order chi connectivity index (χ1) is 38.9. The zero-order valence-electron chi connectivity index (χ0n) is 47.1. The van der Waals surface area contributed by atoms with Gasteiger partial charge in [-0.1, -0.05) is 223 Å². The number of nitrogens with zero attached hydrogens (tertiary/aromatic N) is 3. The molecule has 10 aromatic carbocycles. The summed E-state index contributed by atoms with van der Waals surface area (Å²) in [6.45, 7) is 14.5. The molecule has 80 heavy (non-hydrogen) atoms. The summed E-state index contributed by atoms with van der Waals surface area (Å²) < 4.78 is 0. The molecule has 2 aliphatic carbocycles. The van der Waals surface area contributed by atoms with Crippen molar-refractivity contribution in [3.8, 4) is 33.4 Å². The number of hydrogen-bond acceptors (Lipinski definition) is 3. The van der Waals surface area contributed by atoms with E-state index in [4.69, 9.17) is 0 Å².